The zero-order chi connectivity index (χ0) is 39.7. The molecule has 2 atom stereocenters. The molecular formula is C50H65Cl2SiZr. The van der Waals surface area contributed by atoms with Crippen LogP contribution in [0.2, 0.25) is 13.1 Å². The molecule has 2 aliphatic rings. The van der Waals surface area contributed by atoms with Gasteiger partial charge < -0.3 is 0 Å². The number of rotatable bonds is 9. The normalized spacial score (nSPS) is 18.2. The van der Waals surface area contributed by atoms with Crippen molar-refractivity contribution in [3.8, 4) is 22.3 Å². The second-order valence-corrected chi connectivity index (χ2v) is 61.9. The van der Waals surface area contributed by atoms with E-state index in [1.807, 2.05) is 0 Å². The fourth-order valence-electron chi connectivity index (χ4n) is 10.1. The van der Waals surface area contributed by atoms with Gasteiger partial charge >= 0.3 is 340 Å². The molecule has 0 saturated heterocycles. The van der Waals surface area contributed by atoms with Crippen molar-refractivity contribution in [2.45, 2.75) is 139 Å². The van der Waals surface area contributed by atoms with Crippen molar-refractivity contribution in [1.82, 2.24) is 0 Å². The second-order valence-electron chi connectivity index (χ2n) is 19.4. The topological polar surface area (TPSA) is 0 Å². The maximum atomic E-state index is 8.92. The molecule has 0 bridgehead atoms. The molecule has 4 aromatic rings. The predicted molar refractivity (Wildman–Crippen MR) is 242 cm³/mol. The van der Waals surface area contributed by atoms with Gasteiger partial charge in [0.25, 0.3) is 0 Å². The Morgan fingerprint density at radius 3 is 1.22 bits per heavy atom. The van der Waals surface area contributed by atoms with E-state index in [9.17, 15) is 0 Å². The molecule has 0 heterocycles. The minimum absolute atomic E-state index is 0.0323. The number of fused-ring (bicyclic) bond motifs is 2. The van der Waals surface area contributed by atoms with E-state index in [4.69, 9.17) is 17.0 Å². The van der Waals surface area contributed by atoms with Gasteiger partial charge in [0.1, 0.15) is 0 Å². The molecule has 0 N–H and O–H groups in total. The first-order valence-corrected chi connectivity index (χ1v) is 37.0. The Labute approximate surface area is 337 Å². The van der Waals surface area contributed by atoms with E-state index in [1.54, 1.807) is 0 Å². The minimum atomic E-state index is -4.98. The van der Waals surface area contributed by atoms with Crippen LogP contribution in [0.3, 0.4) is 0 Å². The van der Waals surface area contributed by atoms with Crippen LogP contribution in [0.15, 0.2) is 83.9 Å². The van der Waals surface area contributed by atoms with Crippen LogP contribution >= 0.6 is 17.0 Å². The van der Waals surface area contributed by atoms with Crippen LogP contribution in [0.4, 0.5) is 0 Å². The van der Waals surface area contributed by atoms with Crippen LogP contribution in [0.1, 0.15) is 160 Å². The van der Waals surface area contributed by atoms with Gasteiger partial charge in [-0.3, -0.25) is 0 Å². The number of hydrogen-bond donors (Lipinski definition) is 0. The van der Waals surface area contributed by atoms with E-state index in [0.29, 0.717) is 11.8 Å². The maximum absolute atomic E-state index is 8.92. The van der Waals surface area contributed by atoms with Crippen molar-refractivity contribution < 1.29 is 15.6 Å². The first-order chi connectivity index (χ1) is 25.2. The Bertz CT molecular complexity index is 2000. The molecule has 0 nitrogen and oxygen atoms in total. The molecule has 0 amide bonds. The molecule has 54 heavy (non-hydrogen) atoms. The summed E-state index contributed by atoms with van der Waals surface area (Å²) >= 11 is -4.98. The Kier molecular flexibility index (Phi) is 11.4. The van der Waals surface area contributed by atoms with Crippen molar-refractivity contribution >= 4 is 35.1 Å². The van der Waals surface area contributed by atoms with Gasteiger partial charge in [0.2, 0.25) is 0 Å². The first-order valence-electron chi connectivity index (χ1n) is 20.7. The van der Waals surface area contributed by atoms with Crippen LogP contribution in [-0.2, 0) is 26.4 Å². The third kappa shape index (κ3) is 6.70. The van der Waals surface area contributed by atoms with Crippen LogP contribution in [0.5, 0.6) is 0 Å². The molecular weight excluding hydrogens is 791 g/mol. The van der Waals surface area contributed by atoms with E-state index < -0.39 is 21.5 Å². The van der Waals surface area contributed by atoms with E-state index in [-0.39, 0.29) is 18.1 Å². The summed E-state index contributed by atoms with van der Waals surface area (Å²) in [6.07, 6.45) is 6.99. The van der Waals surface area contributed by atoms with Gasteiger partial charge in [0.05, 0.1) is 0 Å². The Balaban J connectivity index is 1.69. The van der Waals surface area contributed by atoms with Crippen molar-refractivity contribution in [2.24, 2.45) is 0 Å². The third-order valence-electron chi connectivity index (χ3n) is 12.9. The number of hydrogen-bond acceptors (Lipinski definition) is 0. The van der Waals surface area contributed by atoms with E-state index in [2.05, 4.69) is 181 Å². The van der Waals surface area contributed by atoms with Crippen LogP contribution in [0, 0.1) is 0 Å². The predicted octanol–water partition coefficient (Wildman–Crippen LogP) is 16.2. The van der Waals surface area contributed by atoms with Gasteiger partial charge in [-0.15, -0.1) is 0 Å². The average molecular weight is 856 g/mol. The van der Waals surface area contributed by atoms with Gasteiger partial charge in [0.15, 0.2) is 0 Å². The van der Waals surface area contributed by atoms with Crippen molar-refractivity contribution in [3.05, 3.63) is 128 Å². The molecule has 0 saturated carbocycles. The van der Waals surface area contributed by atoms with Crippen LogP contribution < -0.4 is 0 Å². The summed E-state index contributed by atoms with van der Waals surface area (Å²) in [4.78, 5) is 0. The fourth-order valence-corrected chi connectivity index (χ4v) is 41.9. The van der Waals surface area contributed by atoms with Crippen LogP contribution in [-0.4, -0.2) is 5.92 Å². The Hall–Kier alpha value is -1.96. The molecule has 0 aromatic heterocycles. The Morgan fingerprint density at radius 1 is 0.574 bits per heavy atom. The summed E-state index contributed by atoms with van der Waals surface area (Å²) in [6.45, 7) is 33.1. The molecule has 4 aromatic carbocycles. The summed E-state index contributed by atoms with van der Waals surface area (Å²) in [6, 6.07) is 28.0. The molecule has 2 unspecified atom stereocenters. The zero-order valence-corrected chi connectivity index (χ0v) is 40.8. The monoisotopic (exact) mass is 853 g/mol. The van der Waals surface area contributed by atoms with Gasteiger partial charge in [0, 0.05) is 0 Å². The average Bonchev–Trinajstić information content (AvgIpc) is 3.70. The molecule has 0 spiro atoms. The van der Waals surface area contributed by atoms with Gasteiger partial charge in [-0.05, 0) is 0 Å². The van der Waals surface area contributed by atoms with Gasteiger partial charge in [-0.1, -0.05) is 0 Å². The van der Waals surface area contributed by atoms with E-state index in [1.165, 1.54) is 77.9 Å². The van der Waals surface area contributed by atoms with Crippen LogP contribution in [0.25, 0.3) is 34.4 Å². The van der Waals surface area contributed by atoms with E-state index >= 15 is 0 Å². The summed E-state index contributed by atoms with van der Waals surface area (Å²) in [7, 11) is 17.8. The standard InChI is InChI=1S/2C24H29.C2H7Si.2ClH.Zr/c2*1-7-17-14-18-12-13-22(24(4,5)6)23(21(18)15-17)20-11-9-8-10-19(20)16(2)3;1-3-2;;;/h2*8-16H,7H2,1-6H3;3H,1-2H3;2*1H;/q;;;;;+2/p-2. The number of benzene rings is 4. The van der Waals surface area contributed by atoms with Gasteiger partial charge in [-0.25, -0.2) is 0 Å². The summed E-state index contributed by atoms with van der Waals surface area (Å²) in [5, 5.41) is 0. The first kappa shape index (κ1) is 41.7. The summed E-state index contributed by atoms with van der Waals surface area (Å²) in [5.41, 5.74) is 19.4. The van der Waals surface area contributed by atoms with Crippen molar-refractivity contribution in [2.75, 3.05) is 0 Å². The summed E-state index contributed by atoms with van der Waals surface area (Å²) < 4.78 is 0.139. The third-order valence-corrected chi connectivity index (χ3v) is 64.8. The SMILES string of the molecule is CCC1=Cc2c(ccc(C(C)(C)C)c2-c2ccccc2C(C)C)[CH]1[Zr]([Cl])([Cl])([CH]1C(CC)=Cc2c1ccc(C(C)(C)C)c2-c1ccccc1C(C)C)[SiH](C)C. The number of halogens is 2. The molecule has 0 aliphatic heterocycles. The molecule has 287 valence electrons. The zero-order valence-electron chi connectivity index (χ0n) is 35.6. The molecule has 6 rings (SSSR count). The molecule has 2 aliphatic carbocycles. The van der Waals surface area contributed by atoms with Crippen molar-refractivity contribution in [1.29, 1.82) is 0 Å². The molecule has 0 radical (unpaired) electrons. The molecule has 4 heteroatoms. The van der Waals surface area contributed by atoms with E-state index in [0.717, 1.165) is 12.8 Å². The quantitative estimate of drug-likeness (QED) is 0.147. The second kappa shape index (κ2) is 14.8. The molecule has 0 fully saturated rings. The fraction of sp³-hybridized carbons (Fsp3) is 0.440. The summed E-state index contributed by atoms with van der Waals surface area (Å²) in [5.74, 6) is -0.892. The van der Waals surface area contributed by atoms with Gasteiger partial charge in [-0.2, -0.15) is 0 Å². The van der Waals surface area contributed by atoms with Crippen molar-refractivity contribution in [3.63, 3.8) is 0 Å². The Morgan fingerprint density at radius 2 is 0.926 bits per heavy atom. The number of allylic oxidation sites excluding steroid dienone is 2.